The van der Waals surface area contributed by atoms with Crippen LogP contribution in [0.4, 0.5) is 11.4 Å². The average molecular weight is 318 g/mol. The number of amides is 1. The third-order valence-corrected chi connectivity index (χ3v) is 3.35. The van der Waals surface area contributed by atoms with Gasteiger partial charge in [-0.2, -0.15) is 0 Å². The first kappa shape index (κ1) is 16.3. The predicted molar refractivity (Wildman–Crippen MR) is 90.9 cm³/mol. The molecule has 1 aromatic carbocycles. The number of rotatable bonds is 3. The lowest BCUT2D eigenvalue weighted by molar-refractivity contribution is 0.0914. The Hall–Kier alpha value is -2.07. The van der Waals surface area contributed by atoms with Crippen molar-refractivity contribution in [2.45, 2.75) is 33.2 Å². The number of benzene rings is 1. The number of carbonyl (C=O) groups excluding carboxylic acids is 1. The van der Waals surface area contributed by atoms with Crippen molar-refractivity contribution < 1.29 is 4.79 Å². The number of anilines is 2. The maximum atomic E-state index is 12.1. The highest BCUT2D eigenvalue weighted by molar-refractivity contribution is 6.31. The fraction of sp³-hybridized carbons (Fsp3) is 0.294. The lowest BCUT2D eigenvalue weighted by atomic mass is 10.1. The molecule has 5 heteroatoms. The molecule has 2 N–H and O–H groups in total. The highest BCUT2D eigenvalue weighted by Crippen LogP contribution is 2.23. The third kappa shape index (κ3) is 4.46. The minimum absolute atomic E-state index is 0.196. The Morgan fingerprint density at radius 1 is 1.14 bits per heavy atom. The van der Waals surface area contributed by atoms with Gasteiger partial charge >= 0.3 is 0 Å². The largest absolute Gasteiger partial charge is 0.355 e. The molecule has 1 heterocycles. The molecule has 22 heavy (non-hydrogen) atoms. The van der Waals surface area contributed by atoms with E-state index in [2.05, 4.69) is 15.6 Å². The number of pyridine rings is 1. The fourth-order valence-electron chi connectivity index (χ4n) is 1.87. The van der Waals surface area contributed by atoms with Gasteiger partial charge in [-0.15, -0.1) is 0 Å². The molecular weight excluding hydrogens is 298 g/mol. The molecule has 0 aliphatic rings. The number of nitrogens with zero attached hydrogens (tertiary/aromatic N) is 1. The summed E-state index contributed by atoms with van der Waals surface area (Å²) in [4.78, 5) is 16.3. The summed E-state index contributed by atoms with van der Waals surface area (Å²) >= 11 is 6.12. The SMILES string of the molecule is Cc1ccc(Nc2ccnc(C(=O)NC(C)(C)C)c2)cc1Cl. The molecule has 0 unspecified atom stereocenters. The molecule has 0 spiro atoms. The van der Waals surface area contributed by atoms with E-state index in [4.69, 9.17) is 11.6 Å². The zero-order chi connectivity index (χ0) is 16.3. The molecule has 0 radical (unpaired) electrons. The quantitative estimate of drug-likeness (QED) is 0.886. The van der Waals surface area contributed by atoms with Gasteiger partial charge in [-0.25, -0.2) is 0 Å². The van der Waals surface area contributed by atoms with Crippen molar-refractivity contribution in [3.63, 3.8) is 0 Å². The van der Waals surface area contributed by atoms with E-state index >= 15 is 0 Å². The van der Waals surface area contributed by atoms with Crippen molar-refractivity contribution in [1.82, 2.24) is 10.3 Å². The summed E-state index contributed by atoms with van der Waals surface area (Å²) in [7, 11) is 0. The van der Waals surface area contributed by atoms with Gasteiger partial charge in [0, 0.05) is 28.1 Å². The smallest absolute Gasteiger partial charge is 0.270 e. The van der Waals surface area contributed by atoms with Crippen molar-refractivity contribution in [2.75, 3.05) is 5.32 Å². The first-order chi connectivity index (χ1) is 10.2. The first-order valence-corrected chi connectivity index (χ1v) is 7.44. The van der Waals surface area contributed by atoms with Gasteiger partial charge in [0.2, 0.25) is 0 Å². The third-order valence-electron chi connectivity index (χ3n) is 2.94. The topological polar surface area (TPSA) is 54.0 Å². The molecule has 2 aromatic rings. The second-order valence-electron chi connectivity index (χ2n) is 6.22. The maximum absolute atomic E-state index is 12.1. The van der Waals surface area contributed by atoms with Crippen LogP contribution in [-0.2, 0) is 0 Å². The second kappa shape index (κ2) is 6.36. The first-order valence-electron chi connectivity index (χ1n) is 7.06. The van der Waals surface area contributed by atoms with Crippen LogP contribution in [0.5, 0.6) is 0 Å². The van der Waals surface area contributed by atoms with E-state index < -0.39 is 0 Å². The summed E-state index contributed by atoms with van der Waals surface area (Å²) in [6.07, 6.45) is 1.61. The highest BCUT2D eigenvalue weighted by Gasteiger charge is 2.16. The fourth-order valence-corrected chi connectivity index (χ4v) is 2.05. The Kier molecular flexibility index (Phi) is 4.71. The molecule has 0 aliphatic carbocycles. The van der Waals surface area contributed by atoms with Gasteiger partial charge in [0.25, 0.3) is 5.91 Å². The van der Waals surface area contributed by atoms with E-state index in [9.17, 15) is 4.79 Å². The molecule has 0 atom stereocenters. The summed E-state index contributed by atoms with van der Waals surface area (Å²) in [5.41, 5.74) is 2.75. The number of aryl methyl sites for hydroxylation is 1. The van der Waals surface area contributed by atoms with Crippen molar-refractivity contribution in [2.24, 2.45) is 0 Å². The lowest BCUT2D eigenvalue weighted by Crippen LogP contribution is -2.40. The van der Waals surface area contributed by atoms with E-state index in [0.717, 1.165) is 16.9 Å². The lowest BCUT2D eigenvalue weighted by Gasteiger charge is -2.20. The number of hydrogen-bond acceptors (Lipinski definition) is 3. The second-order valence-corrected chi connectivity index (χ2v) is 6.63. The molecule has 1 amide bonds. The van der Waals surface area contributed by atoms with Gasteiger partial charge in [-0.3, -0.25) is 9.78 Å². The molecule has 0 bridgehead atoms. The molecule has 0 saturated carbocycles. The normalized spacial score (nSPS) is 11.1. The van der Waals surface area contributed by atoms with Gasteiger partial charge in [-0.05, 0) is 57.5 Å². The predicted octanol–water partition coefficient (Wildman–Crippen LogP) is 4.32. The molecular formula is C17H20ClN3O. The Morgan fingerprint density at radius 3 is 2.45 bits per heavy atom. The molecule has 0 aliphatic heterocycles. The molecule has 0 saturated heterocycles. The van der Waals surface area contributed by atoms with E-state index in [1.807, 2.05) is 52.0 Å². The number of halogens is 1. The summed E-state index contributed by atoms with van der Waals surface area (Å²) in [6.45, 7) is 7.75. The van der Waals surface area contributed by atoms with Crippen LogP contribution in [0.1, 0.15) is 36.8 Å². The van der Waals surface area contributed by atoms with Crippen molar-refractivity contribution in [3.8, 4) is 0 Å². The highest BCUT2D eigenvalue weighted by atomic mass is 35.5. The van der Waals surface area contributed by atoms with E-state index in [-0.39, 0.29) is 11.4 Å². The van der Waals surface area contributed by atoms with Gasteiger partial charge in [0.15, 0.2) is 0 Å². The summed E-state index contributed by atoms with van der Waals surface area (Å²) < 4.78 is 0. The van der Waals surface area contributed by atoms with Crippen LogP contribution in [0.2, 0.25) is 5.02 Å². The minimum Gasteiger partial charge on any atom is -0.355 e. The molecule has 4 nitrogen and oxygen atoms in total. The van der Waals surface area contributed by atoms with Crippen LogP contribution in [-0.4, -0.2) is 16.4 Å². The number of aromatic nitrogens is 1. The maximum Gasteiger partial charge on any atom is 0.270 e. The van der Waals surface area contributed by atoms with Crippen LogP contribution >= 0.6 is 11.6 Å². The minimum atomic E-state index is -0.299. The van der Waals surface area contributed by atoms with E-state index in [1.54, 1.807) is 12.3 Å². The van der Waals surface area contributed by atoms with Crippen molar-refractivity contribution in [3.05, 3.63) is 52.8 Å². The molecule has 2 rings (SSSR count). The van der Waals surface area contributed by atoms with Crippen molar-refractivity contribution in [1.29, 1.82) is 0 Å². The van der Waals surface area contributed by atoms with Crippen LogP contribution in [0, 0.1) is 6.92 Å². The number of nitrogens with one attached hydrogen (secondary N) is 2. The average Bonchev–Trinajstić information content (AvgIpc) is 2.41. The summed E-state index contributed by atoms with van der Waals surface area (Å²) in [5.74, 6) is -0.196. The Labute approximate surface area is 135 Å². The van der Waals surface area contributed by atoms with E-state index in [0.29, 0.717) is 10.7 Å². The summed E-state index contributed by atoms with van der Waals surface area (Å²) in [6, 6.07) is 9.26. The summed E-state index contributed by atoms with van der Waals surface area (Å²) in [5, 5.41) is 6.82. The monoisotopic (exact) mass is 317 g/mol. The zero-order valence-electron chi connectivity index (χ0n) is 13.2. The molecule has 0 fully saturated rings. The molecule has 116 valence electrons. The van der Waals surface area contributed by atoms with Crippen LogP contribution in [0.15, 0.2) is 36.5 Å². The van der Waals surface area contributed by atoms with Gasteiger partial charge in [0.05, 0.1) is 0 Å². The molecule has 1 aromatic heterocycles. The van der Waals surface area contributed by atoms with Gasteiger partial charge in [-0.1, -0.05) is 17.7 Å². The van der Waals surface area contributed by atoms with Crippen molar-refractivity contribution >= 4 is 28.9 Å². The number of carbonyl (C=O) groups is 1. The Morgan fingerprint density at radius 2 is 1.82 bits per heavy atom. The van der Waals surface area contributed by atoms with Crippen LogP contribution in [0.25, 0.3) is 0 Å². The Balaban J connectivity index is 2.17. The van der Waals surface area contributed by atoms with Crippen LogP contribution in [0.3, 0.4) is 0 Å². The Bertz CT molecular complexity index is 693. The van der Waals surface area contributed by atoms with Gasteiger partial charge in [0.1, 0.15) is 5.69 Å². The zero-order valence-corrected chi connectivity index (χ0v) is 14.0. The number of hydrogen-bond donors (Lipinski definition) is 2. The van der Waals surface area contributed by atoms with E-state index in [1.165, 1.54) is 0 Å². The van der Waals surface area contributed by atoms with Gasteiger partial charge < -0.3 is 10.6 Å². The van der Waals surface area contributed by atoms with Crippen LogP contribution < -0.4 is 10.6 Å². The standard InChI is InChI=1S/C17H20ClN3O/c1-11-5-6-12(9-14(11)18)20-13-7-8-19-15(10-13)16(22)21-17(2,3)4/h5-10H,1-4H3,(H,19,20)(H,21,22).